The van der Waals surface area contributed by atoms with Crippen molar-refractivity contribution in [2.24, 2.45) is 5.92 Å². The number of rotatable bonds is 5. The van der Waals surface area contributed by atoms with Crippen LogP contribution >= 0.6 is 38.9 Å². The maximum atomic E-state index is 5.99. The Bertz CT molecular complexity index is 458. The first kappa shape index (κ1) is 13.1. The van der Waals surface area contributed by atoms with Gasteiger partial charge in [-0.1, -0.05) is 39.7 Å². The van der Waals surface area contributed by atoms with E-state index < -0.39 is 0 Å². The molecular formula is C13H13BrClNS. The van der Waals surface area contributed by atoms with Crippen LogP contribution in [-0.4, -0.2) is 10.3 Å². The predicted octanol–water partition coefficient (Wildman–Crippen LogP) is 4.59. The fourth-order valence-corrected chi connectivity index (χ4v) is 3.18. The van der Waals surface area contributed by atoms with E-state index in [0.29, 0.717) is 5.92 Å². The third kappa shape index (κ3) is 4.09. The summed E-state index contributed by atoms with van der Waals surface area (Å²) in [7, 11) is 0. The molecule has 1 nitrogen and oxygen atoms in total. The summed E-state index contributed by atoms with van der Waals surface area (Å²) in [6.45, 7) is 0. The van der Waals surface area contributed by atoms with E-state index in [0.717, 1.165) is 23.2 Å². The Kier molecular flexibility index (Phi) is 5.01. The lowest BCUT2D eigenvalue weighted by Crippen LogP contribution is -2.09. The fourth-order valence-electron chi connectivity index (χ4n) is 1.78. The summed E-state index contributed by atoms with van der Waals surface area (Å²) in [6, 6.07) is 8.09. The van der Waals surface area contributed by atoms with Crippen LogP contribution in [0.4, 0.5) is 0 Å². The first-order chi connectivity index (χ1) is 8.28. The Morgan fingerprint density at radius 2 is 2.24 bits per heavy atom. The lowest BCUT2D eigenvalue weighted by molar-refractivity contribution is 0.589. The summed E-state index contributed by atoms with van der Waals surface area (Å²) in [5, 5.41) is 5.03. The minimum absolute atomic E-state index is 0.569. The topological polar surface area (TPSA) is 12.9 Å². The first-order valence-corrected chi connectivity index (χ1v) is 7.84. The first-order valence-electron chi connectivity index (χ1n) is 5.46. The third-order valence-corrected chi connectivity index (χ3v) is 4.53. The molecule has 0 radical (unpaired) electrons. The molecule has 0 saturated heterocycles. The van der Waals surface area contributed by atoms with Gasteiger partial charge in [0.15, 0.2) is 0 Å². The minimum atomic E-state index is 0.569. The summed E-state index contributed by atoms with van der Waals surface area (Å²) in [5.74, 6) is 0.569. The van der Waals surface area contributed by atoms with Crippen molar-refractivity contribution in [3.63, 3.8) is 0 Å². The molecule has 0 amide bonds. The van der Waals surface area contributed by atoms with Crippen LogP contribution < -0.4 is 0 Å². The van der Waals surface area contributed by atoms with E-state index in [4.69, 9.17) is 11.6 Å². The van der Waals surface area contributed by atoms with Gasteiger partial charge < -0.3 is 0 Å². The van der Waals surface area contributed by atoms with Gasteiger partial charge in [-0.3, -0.25) is 0 Å². The monoisotopic (exact) mass is 329 g/mol. The van der Waals surface area contributed by atoms with Gasteiger partial charge in [0.25, 0.3) is 0 Å². The van der Waals surface area contributed by atoms with Crippen LogP contribution in [-0.2, 0) is 12.8 Å². The van der Waals surface area contributed by atoms with Gasteiger partial charge in [-0.25, -0.2) is 4.98 Å². The van der Waals surface area contributed by atoms with Gasteiger partial charge in [-0.2, -0.15) is 0 Å². The molecule has 17 heavy (non-hydrogen) atoms. The van der Waals surface area contributed by atoms with Crippen LogP contribution in [0.25, 0.3) is 0 Å². The number of halogens is 2. The Hall–Kier alpha value is -0.380. The highest BCUT2D eigenvalue weighted by atomic mass is 79.9. The molecule has 0 N–H and O–H groups in total. The molecule has 2 aromatic rings. The Morgan fingerprint density at radius 3 is 2.88 bits per heavy atom. The maximum absolute atomic E-state index is 5.99. The molecule has 0 fully saturated rings. The van der Waals surface area contributed by atoms with Gasteiger partial charge in [-0.15, -0.1) is 11.3 Å². The standard InChI is InChI=1S/C13H13BrClNS/c14-9-11(8-13-16-4-5-17-13)6-10-2-1-3-12(15)7-10/h1-5,7,11H,6,8-9H2. The van der Waals surface area contributed by atoms with Gasteiger partial charge in [0, 0.05) is 28.4 Å². The van der Waals surface area contributed by atoms with E-state index >= 15 is 0 Å². The third-order valence-electron chi connectivity index (χ3n) is 2.58. The molecule has 2 rings (SSSR count). The highest BCUT2D eigenvalue weighted by molar-refractivity contribution is 9.09. The van der Waals surface area contributed by atoms with Crippen LogP contribution in [0.15, 0.2) is 35.8 Å². The Morgan fingerprint density at radius 1 is 1.35 bits per heavy atom. The van der Waals surface area contributed by atoms with Crippen LogP contribution in [0.5, 0.6) is 0 Å². The predicted molar refractivity (Wildman–Crippen MR) is 78.3 cm³/mol. The second-order valence-corrected chi connectivity index (χ2v) is 6.05. The Balaban J connectivity index is 2.00. The summed E-state index contributed by atoms with van der Waals surface area (Å²) < 4.78 is 0. The van der Waals surface area contributed by atoms with Crippen molar-refractivity contribution in [1.29, 1.82) is 0 Å². The lowest BCUT2D eigenvalue weighted by atomic mass is 9.98. The molecule has 4 heteroatoms. The SMILES string of the molecule is Clc1cccc(CC(CBr)Cc2nccs2)c1. The number of hydrogen-bond acceptors (Lipinski definition) is 2. The average Bonchev–Trinajstić information content (AvgIpc) is 2.81. The summed E-state index contributed by atoms with van der Waals surface area (Å²) in [6.07, 6.45) is 3.92. The Labute approximate surface area is 119 Å². The summed E-state index contributed by atoms with van der Waals surface area (Å²) >= 11 is 11.3. The number of hydrogen-bond donors (Lipinski definition) is 0. The summed E-state index contributed by atoms with van der Waals surface area (Å²) in [4.78, 5) is 4.33. The molecule has 1 aromatic carbocycles. The van der Waals surface area contributed by atoms with Crippen molar-refractivity contribution in [2.45, 2.75) is 12.8 Å². The van der Waals surface area contributed by atoms with Gasteiger partial charge in [0.2, 0.25) is 0 Å². The van der Waals surface area contributed by atoms with E-state index in [1.165, 1.54) is 10.6 Å². The zero-order chi connectivity index (χ0) is 12.1. The van der Waals surface area contributed by atoms with Gasteiger partial charge >= 0.3 is 0 Å². The molecule has 0 aliphatic heterocycles. The molecule has 0 aliphatic rings. The molecular weight excluding hydrogens is 318 g/mol. The second-order valence-electron chi connectivity index (χ2n) is 3.98. The molecule has 1 heterocycles. The van der Waals surface area contributed by atoms with Gasteiger partial charge in [0.05, 0.1) is 5.01 Å². The van der Waals surface area contributed by atoms with Crippen molar-refractivity contribution >= 4 is 38.9 Å². The lowest BCUT2D eigenvalue weighted by Gasteiger charge is -2.12. The number of nitrogens with zero attached hydrogens (tertiary/aromatic N) is 1. The average molecular weight is 331 g/mol. The molecule has 1 aromatic heterocycles. The highest BCUT2D eigenvalue weighted by Crippen LogP contribution is 2.20. The largest absolute Gasteiger partial charge is 0.250 e. The number of benzene rings is 1. The number of aromatic nitrogens is 1. The van der Waals surface area contributed by atoms with E-state index in [2.05, 4.69) is 27.0 Å². The molecule has 0 aliphatic carbocycles. The highest BCUT2D eigenvalue weighted by Gasteiger charge is 2.11. The zero-order valence-electron chi connectivity index (χ0n) is 9.27. The van der Waals surface area contributed by atoms with E-state index in [1.807, 2.05) is 29.8 Å². The normalized spacial score (nSPS) is 12.6. The van der Waals surface area contributed by atoms with Crippen molar-refractivity contribution < 1.29 is 0 Å². The number of alkyl halides is 1. The van der Waals surface area contributed by atoms with E-state index in [1.54, 1.807) is 11.3 Å². The van der Waals surface area contributed by atoms with Crippen LogP contribution in [0, 0.1) is 5.92 Å². The van der Waals surface area contributed by atoms with Crippen LogP contribution in [0.1, 0.15) is 10.6 Å². The molecule has 0 bridgehead atoms. The quantitative estimate of drug-likeness (QED) is 0.731. The van der Waals surface area contributed by atoms with Gasteiger partial charge in [0.1, 0.15) is 0 Å². The van der Waals surface area contributed by atoms with Gasteiger partial charge in [-0.05, 0) is 30.0 Å². The fraction of sp³-hybridized carbons (Fsp3) is 0.308. The second kappa shape index (κ2) is 6.53. The van der Waals surface area contributed by atoms with Crippen molar-refractivity contribution in [2.75, 3.05) is 5.33 Å². The minimum Gasteiger partial charge on any atom is -0.250 e. The van der Waals surface area contributed by atoms with Crippen molar-refractivity contribution in [1.82, 2.24) is 4.98 Å². The molecule has 90 valence electrons. The van der Waals surface area contributed by atoms with Crippen LogP contribution in [0.3, 0.4) is 0 Å². The smallest absolute Gasteiger partial charge is 0.0927 e. The molecule has 0 saturated carbocycles. The maximum Gasteiger partial charge on any atom is 0.0927 e. The summed E-state index contributed by atoms with van der Waals surface area (Å²) in [5.41, 5.74) is 1.29. The molecule has 0 spiro atoms. The number of thiazole rings is 1. The zero-order valence-corrected chi connectivity index (χ0v) is 12.4. The van der Waals surface area contributed by atoms with Crippen molar-refractivity contribution in [3.05, 3.63) is 51.4 Å². The van der Waals surface area contributed by atoms with Crippen LogP contribution in [0.2, 0.25) is 5.02 Å². The van der Waals surface area contributed by atoms with Crippen molar-refractivity contribution in [3.8, 4) is 0 Å². The molecule has 1 atom stereocenters. The van der Waals surface area contributed by atoms with E-state index in [9.17, 15) is 0 Å². The molecule has 1 unspecified atom stereocenters. The van der Waals surface area contributed by atoms with E-state index in [-0.39, 0.29) is 0 Å².